The van der Waals surface area contributed by atoms with Gasteiger partial charge in [0, 0.05) is 44.0 Å². The Labute approximate surface area is 200 Å². The summed E-state index contributed by atoms with van der Waals surface area (Å²) in [4.78, 5) is 20.0. The molecule has 0 atom stereocenters. The third kappa shape index (κ3) is 5.06. The zero-order chi connectivity index (χ0) is 24.4. The molecule has 2 heterocycles. The van der Waals surface area contributed by atoms with Crippen LogP contribution in [0.3, 0.4) is 0 Å². The second-order valence-corrected chi connectivity index (χ2v) is 8.49. The highest BCUT2D eigenvalue weighted by atomic mass is 19.4. The standard InChI is InChI=1S/C26H24F3N5O/c27-26(28,29)20-6-4-5-19(16-20)24(35)32-25-31-22-15-18(17-33-13-11-30-12-14-33)9-10-23(22)34(25)21-7-2-1-3-8-21/h1-10,15-16,30H,11-14,17H2,(H,31,32,35). The molecule has 1 amide bonds. The van der Waals surface area contributed by atoms with E-state index in [0.29, 0.717) is 5.52 Å². The van der Waals surface area contributed by atoms with Crippen molar-refractivity contribution in [1.82, 2.24) is 19.8 Å². The number of hydrogen-bond acceptors (Lipinski definition) is 4. The summed E-state index contributed by atoms with van der Waals surface area (Å²) in [6.45, 7) is 4.64. The second kappa shape index (κ2) is 9.52. The van der Waals surface area contributed by atoms with Gasteiger partial charge >= 0.3 is 6.18 Å². The summed E-state index contributed by atoms with van der Waals surface area (Å²) in [6, 6.07) is 19.8. The Morgan fingerprint density at radius 3 is 2.49 bits per heavy atom. The van der Waals surface area contributed by atoms with E-state index in [2.05, 4.69) is 20.5 Å². The summed E-state index contributed by atoms with van der Waals surface area (Å²) in [6.07, 6.45) is -4.53. The number of rotatable bonds is 5. The molecular formula is C26H24F3N5O. The predicted octanol–water partition coefficient (Wildman–Crippen LogP) is 4.70. The van der Waals surface area contributed by atoms with Gasteiger partial charge in [0.2, 0.25) is 5.95 Å². The van der Waals surface area contributed by atoms with Crippen LogP contribution in [-0.2, 0) is 12.7 Å². The van der Waals surface area contributed by atoms with Crippen molar-refractivity contribution in [3.63, 3.8) is 0 Å². The van der Waals surface area contributed by atoms with Crippen LogP contribution < -0.4 is 10.6 Å². The Morgan fingerprint density at radius 1 is 0.971 bits per heavy atom. The van der Waals surface area contributed by atoms with Crippen LogP contribution in [0.25, 0.3) is 16.7 Å². The molecule has 0 radical (unpaired) electrons. The van der Waals surface area contributed by atoms with Gasteiger partial charge in [-0.25, -0.2) is 4.98 Å². The van der Waals surface area contributed by atoms with Crippen molar-refractivity contribution in [3.8, 4) is 5.69 Å². The minimum atomic E-state index is -4.53. The molecule has 5 rings (SSSR count). The molecule has 35 heavy (non-hydrogen) atoms. The molecule has 180 valence electrons. The third-order valence-electron chi connectivity index (χ3n) is 6.03. The van der Waals surface area contributed by atoms with Crippen molar-refractivity contribution in [2.24, 2.45) is 0 Å². The monoisotopic (exact) mass is 479 g/mol. The smallest absolute Gasteiger partial charge is 0.314 e. The van der Waals surface area contributed by atoms with Gasteiger partial charge in [-0.3, -0.25) is 19.6 Å². The number of hydrogen-bond donors (Lipinski definition) is 2. The van der Waals surface area contributed by atoms with Crippen LogP contribution in [0.5, 0.6) is 0 Å². The normalized spacial score (nSPS) is 14.8. The Bertz CT molecular complexity index is 1340. The van der Waals surface area contributed by atoms with Crippen molar-refractivity contribution in [2.45, 2.75) is 12.7 Å². The number of nitrogens with one attached hydrogen (secondary N) is 2. The van der Waals surface area contributed by atoms with Gasteiger partial charge in [-0.1, -0.05) is 30.3 Å². The molecule has 4 aromatic rings. The molecule has 0 bridgehead atoms. The first kappa shape index (κ1) is 23.1. The number of amides is 1. The van der Waals surface area contributed by atoms with Gasteiger partial charge in [0.1, 0.15) is 0 Å². The number of alkyl halides is 3. The number of imidazole rings is 1. The molecule has 1 aliphatic heterocycles. The molecule has 2 N–H and O–H groups in total. The van der Waals surface area contributed by atoms with E-state index < -0.39 is 17.6 Å². The van der Waals surface area contributed by atoms with Crippen molar-refractivity contribution < 1.29 is 18.0 Å². The molecule has 3 aromatic carbocycles. The van der Waals surface area contributed by atoms with Gasteiger partial charge in [0.25, 0.3) is 5.91 Å². The summed E-state index contributed by atoms with van der Waals surface area (Å²) in [5, 5.41) is 6.06. The van der Waals surface area contributed by atoms with Crippen LogP contribution in [0, 0.1) is 0 Å². The molecule has 1 saturated heterocycles. The topological polar surface area (TPSA) is 62.2 Å². The Balaban J connectivity index is 1.50. The summed E-state index contributed by atoms with van der Waals surface area (Å²) in [5.74, 6) is -0.419. The first-order chi connectivity index (χ1) is 16.9. The van der Waals surface area contributed by atoms with Crippen LogP contribution in [0.1, 0.15) is 21.5 Å². The summed E-state index contributed by atoms with van der Waals surface area (Å²) in [5.41, 5.74) is 2.41. The number of halogens is 3. The quantitative estimate of drug-likeness (QED) is 0.436. The largest absolute Gasteiger partial charge is 0.416 e. The molecule has 0 saturated carbocycles. The molecular weight excluding hydrogens is 455 g/mol. The van der Waals surface area contributed by atoms with Gasteiger partial charge in [0.15, 0.2) is 0 Å². The van der Waals surface area contributed by atoms with Crippen LogP contribution in [-0.4, -0.2) is 46.5 Å². The highest BCUT2D eigenvalue weighted by Crippen LogP contribution is 2.30. The van der Waals surface area contributed by atoms with Gasteiger partial charge < -0.3 is 5.32 Å². The lowest BCUT2D eigenvalue weighted by Crippen LogP contribution is -2.42. The summed E-state index contributed by atoms with van der Waals surface area (Å²) >= 11 is 0. The zero-order valence-corrected chi connectivity index (χ0v) is 18.8. The number of piperazine rings is 1. The number of nitrogens with zero attached hydrogens (tertiary/aromatic N) is 3. The third-order valence-corrected chi connectivity index (χ3v) is 6.03. The Kier molecular flexibility index (Phi) is 6.27. The van der Waals surface area contributed by atoms with Crippen LogP contribution in [0.4, 0.5) is 19.1 Å². The van der Waals surface area contributed by atoms with Crippen molar-refractivity contribution >= 4 is 22.9 Å². The number of anilines is 1. The summed E-state index contributed by atoms with van der Waals surface area (Å²) < 4.78 is 41.2. The molecule has 9 heteroatoms. The van der Waals surface area contributed by atoms with Crippen molar-refractivity contribution in [3.05, 3.63) is 89.5 Å². The maximum atomic E-state index is 13.1. The number of para-hydroxylation sites is 1. The fraction of sp³-hybridized carbons (Fsp3) is 0.231. The van der Waals surface area contributed by atoms with Crippen LogP contribution in [0.2, 0.25) is 0 Å². The van der Waals surface area contributed by atoms with E-state index >= 15 is 0 Å². The van der Waals surface area contributed by atoms with Crippen molar-refractivity contribution in [2.75, 3.05) is 31.5 Å². The highest BCUT2D eigenvalue weighted by Gasteiger charge is 2.31. The number of fused-ring (bicyclic) bond motifs is 1. The highest BCUT2D eigenvalue weighted by molar-refractivity contribution is 6.04. The Morgan fingerprint density at radius 2 is 1.74 bits per heavy atom. The number of aromatic nitrogens is 2. The zero-order valence-electron chi connectivity index (χ0n) is 18.8. The van der Waals surface area contributed by atoms with E-state index in [1.54, 1.807) is 4.57 Å². The first-order valence-corrected chi connectivity index (χ1v) is 11.4. The van der Waals surface area contributed by atoms with E-state index in [4.69, 9.17) is 0 Å². The van der Waals surface area contributed by atoms with E-state index in [1.165, 1.54) is 12.1 Å². The molecule has 0 aliphatic carbocycles. The molecule has 6 nitrogen and oxygen atoms in total. The predicted molar refractivity (Wildman–Crippen MR) is 129 cm³/mol. The van der Waals surface area contributed by atoms with E-state index in [1.807, 2.05) is 48.5 Å². The molecule has 1 aromatic heterocycles. The maximum Gasteiger partial charge on any atom is 0.416 e. The number of benzene rings is 3. The first-order valence-electron chi connectivity index (χ1n) is 11.4. The van der Waals surface area contributed by atoms with Gasteiger partial charge in [-0.15, -0.1) is 0 Å². The average molecular weight is 480 g/mol. The lowest BCUT2D eigenvalue weighted by atomic mass is 10.1. The van der Waals surface area contributed by atoms with E-state index in [0.717, 1.165) is 61.6 Å². The van der Waals surface area contributed by atoms with E-state index in [-0.39, 0.29) is 11.5 Å². The number of carbonyl (C=O) groups excluding carboxylic acids is 1. The number of carbonyl (C=O) groups is 1. The van der Waals surface area contributed by atoms with Gasteiger partial charge in [-0.05, 0) is 48.0 Å². The Hall–Kier alpha value is -3.69. The van der Waals surface area contributed by atoms with Crippen LogP contribution >= 0.6 is 0 Å². The molecule has 0 unspecified atom stereocenters. The molecule has 0 spiro atoms. The lowest BCUT2D eigenvalue weighted by molar-refractivity contribution is -0.137. The van der Waals surface area contributed by atoms with E-state index in [9.17, 15) is 18.0 Å². The van der Waals surface area contributed by atoms with Gasteiger partial charge in [0.05, 0.1) is 16.6 Å². The average Bonchev–Trinajstić information content (AvgIpc) is 3.21. The minimum Gasteiger partial charge on any atom is -0.314 e. The SMILES string of the molecule is O=C(Nc1nc2cc(CN3CCNCC3)ccc2n1-c1ccccc1)c1cccc(C(F)(F)F)c1. The molecule has 1 aliphatic rings. The fourth-order valence-corrected chi connectivity index (χ4v) is 4.28. The van der Waals surface area contributed by atoms with Crippen molar-refractivity contribution in [1.29, 1.82) is 0 Å². The van der Waals surface area contributed by atoms with Crippen LogP contribution in [0.15, 0.2) is 72.8 Å². The molecule has 1 fully saturated rings. The second-order valence-electron chi connectivity index (χ2n) is 8.49. The van der Waals surface area contributed by atoms with Gasteiger partial charge in [-0.2, -0.15) is 13.2 Å². The maximum absolute atomic E-state index is 13.1. The minimum absolute atomic E-state index is 0.0918. The lowest BCUT2D eigenvalue weighted by Gasteiger charge is -2.27. The fourth-order valence-electron chi connectivity index (χ4n) is 4.28. The summed E-state index contributed by atoms with van der Waals surface area (Å²) in [7, 11) is 0.